The third kappa shape index (κ3) is 5.67. The normalized spacial score (nSPS) is 13.4. The molecule has 0 bridgehead atoms. The van der Waals surface area contributed by atoms with E-state index in [9.17, 15) is 12.8 Å². The maximum Gasteiger partial charge on any atom is 0.212 e. The standard InChI is InChI=1S/C13H21FN2O2S/c1-3-13(11-5-7-12(14)8-6-11)15-9-10-19(17,18)16-4-2/h5-8,13,15-16H,3-4,9-10H2,1-2H3. The molecule has 0 amide bonds. The van der Waals surface area contributed by atoms with E-state index in [4.69, 9.17) is 0 Å². The average molecular weight is 288 g/mol. The second kappa shape index (κ2) is 7.57. The van der Waals surface area contributed by atoms with Crippen molar-refractivity contribution in [1.82, 2.24) is 10.0 Å². The molecule has 1 unspecified atom stereocenters. The van der Waals surface area contributed by atoms with Crippen molar-refractivity contribution in [2.45, 2.75) is 26.3 Å². The number of hydrogen-bond acceptors (Lipinski definition) is 3. The minimum absolute atomic E-state index is 0.0393. The van der Waals surface area contributed by atoms with E-state index in [2.05, 4.69) is 10.0 Å². The van der Waals surface area contributed by atoms with Gasteiger partial charge in [-0.15, -0.1) is 0 Å². The van der Waals surface area contributed by atoms with E-state index in [1.54, 1.807) is 19.1 Å². The number of sulfonamides is 1. The van der Waals surface area contributed by atoms with Gasteiger partial charge in [0.1, 0.15) is 5.82 Å². The zero-order chi connectivity index (χ0) is 14.3. The van der Waals surface area contributed by atoms with E-state index >= 15 is 0 Å². The number of hydrogen-bond donors (Lipinski definition) is 2. The van der Waals surface area contributed by atoms with Gasteiger partial charge in [0.2, 0.25) is 10.0 Å². The molecule has 0 aromatic heterocycles. The van der Waals surface area contributed by atoms with E-state index in [1.807, 2.05) is 6.92 Å². The summed E-state index contributed by atoms with van der Waals surface area (Å²) in [6, 6.07) is 6.30. The Kier molecular flexibility index (Phi) is 6.41. The molecule has 19 heavy (non-hydrogen) atoms. The first-order valence-corrected chi connectivity index (χ1v) is 8.10. The third-order valence-corrected chi connectivity index (χ3v) is 4.28. The highest BCUT2D eigenvalue weighted by Gasteiger charge is 2.12. The Balaban J connectivity index is 2.52. The van der Waals surface area contributed by atoms with E-state index in [1.165, 1.54) is 12.1 Å². The Morgan fingerprint density at radius 3 is 2.37 bits per heavy atom. The first-order chi connectivity index (χ1) is 8.98. The van der Waals surface area contributed by atoms with Crippen LogP contribution in [0.2, 0.25) is 0 Å². The highest BCUT2D eigenvalue weighted by atomic mass is 32.2. The molecule has 0 spiro atoms. The summed E-state index contributed by atoms with van der Waals surface area (Å²) >= 11 is 0. The lowest BCUT2D eigenvalue weighted by Crippen LogP contribution is -2.33. The molecule has 0 heterocycles. The molecule has 0 radical (unpaired) electrons. The van der Waals surface area contributed by atoms with E-state index in [-0.39, 0.29) is 17.6 Å². The molecule has 1 aromatic rings. The molecule has 2 N–H and O–H groups in total. The fraction of sp³-hybridized carbons (Fsp3) is 0.538. The molecule has 4 nitrogen and oxygen atoms in total. The summed E-state index contributed by atoms with van der Waals surface area (Å²) in [7, 11) is -3.20. The monoisotopic (exact) mass is 288 g/mol. The molecule has 0 aliphatic rings. The number of rotatable bonds is 8. The van der Waals surface area contributed by atoms with Crippen LogP contribution in [0.15, 0.2) is 24.3 Å². The van der Waals surface area contributed by atoms with Gasteiger partial charge in [-0.1, -0.05) is 26.0 Å². The van der Waals surface area contributed by atoms with Crippen LogP contribution in [0.5, 0.6) is 0 Å². The minimum atomic E-state index is -3.20. The van der Waals surface area contributed by atoms with Gasteiger partial charge in [0.05, 0.1) is 5.75 Å². The quantitative estimate of drug-likeness (QED) is 0.767. The zero-order valence-corrected chi connectivity index (χ0v) is 12.1. The van der Waals surface area contributed by atoms with Crippen LogP contribution in [0.3, 0.4) is 0 Å². The van der Waals surface area contributed by atoms with Gasteiger partial charge >= 0.3 is 0 Å². The van der Waals surface area contributed by atoms with Gasteiger partial charge in [0.15, 0.2) is 0 Å². The number of nitrogens with one attached hydrogen (secondary N) is 2. The summed E-state index contributed by atoms with van der Waals surface area (Å²) in [5.74, 6) is -0.230. The van der Waals surface area contributed by atoms with Crippen LogP contribution in [0, 0.1) is 5.82 Å². The Morgan fingerprint density at radius 2 is 1.84 bits per heavy atom. The average Bonchev–Trinajstić information content (AvgIpc) is 2.36. The summed E-state index contributed by atoms with van der Waals surface area (Å²) in [5, 5.41) is 3.18. The third-order valence-electron chi connectivity index (χ3n) is 2.81. The first-order valence-electron chi connectivity index (χ1n) is 6.44. The van der Waals surface area contributed by atoms with Crippen molar-refractivity contribution in [2.75, 3.05) is 18.8 Å². The summed E-state index contributed by atoms with van der Waals surface area (Å²) in [5.41, 5.74) is 0.963. The van der Waals surface area contributed by atoms with Crippen molar-refractivity contribution < 1.29 is 12.8 Å². The first kappa shape index (κ1) is 16.1. The molecule has 1 aromatic carbocycles. The van der Waals surface area contributed by atoms with Gasteiger partial charge in [0.25, 0.3) is 0 Å². The maximum atomic E-state index is 12.8. The van der Waals surface area contributed by atoms with Crippen molar-refractivity contribution in [3.05, 3.63) is 35.6 Å². The van der Waals surface area contributed by atoms with Crippen LogP contribution in [0.25, 0.3) is 0 Å². The van der Waals surface area contributed by atoms with Crippen LogP contribution in [-0.2, 0) is 10.0 Å². The maximum absolute atomic E-state index is 12.8. The minimum Gasteiger partial charge on any atom is -0.309 e. The predicted octanol–water partition coefficient (Wildman–Crippen LogP) is 1.81. The second-order valence-corrected chi connectivity index (χ2v) is 6.21. The molecule has 0 aliphatic heterocycles. The van der Waals surface area contributed by atoms with Crippen molar-refractivity contribution in [3.63, 3.8) is 0 Å². The van der Waals surface area contributed by atoms with Crippen molar-refractivity contribution in [2.24, 2.45) is 0 Å². The highest BCUT2D eigenvalue weighted by molar-refractivity contribution is 7.89. The Morgan fingerprint density at radius 1 is 1.21 bits per heavy atom. The fourth-order valence-electron chi connectivity index (χ4n) is 1.85. The fourth-order valence-corrected chi connectivity index (χ4v) is 2.82. The Hall–Kier alpha value is -0.980. The summed E-state index contributed by atoms with van der Waals surface area (Å²) in [6.07, 6.45) is 0.812. The van der Waals surface area contributed by atoms with Gasteiger partial charge in [-0.2, -0.15) is 0 Å². The predicted molar refractivity (Wildman–Crippen MR) is 74.9 cm³/mol. The van der Waals surface area contributed by atoms with Crippen LogP contribution in [0.4, 0.5) is 4.39 Å². The van der Waals surface area contributed by atoms with Gasteiger partial charge in [-0.3, -0.25) is 0 Å². The van der Waals surface area contributed by atoms with Gasteiger partial charge < -0.3 is 5.32 Å². The van der Waals surface area contributed by atoms with Crippen LogP contribution < -0.4 is 10.0 Å². The summed E-state index contributed by atoms with van der Waals surface area (Å²) < 4.78 is 38.2. The lowest BCUT2D eigenvalue weighted by molar-refractivity contribution is 0.527. The van der Waals surface area contributed by atoms with Crippen molar-refractivity contribution in [1.29, 1.82) is 0 Å². The Labute approximate surface area is 114 Å². The Bertz CT molecular complexity index is 474. The van der Waals surface area contributed by atoms with Gasteiger partial charge in [-0.05, 0) is 24.1 Å². The molecule has 0 saturated carbocycles. The van der Waals surface area contributed by atoms with E-state index < -0.39 is 10.0 Å². The topological polar surface area (TPSA) is 58.2 Å². The molecular formula is C13H21FN2O2S. The second-order valence-electron chi connectivity index (χ2n) is 4.28. The van der Waals surface area contributed by atoms with Crippen LogP contribution in [0.1, 0.15) is 31.9 Å². The van der Waals surface area contributed by atoms with Crippen molar-refractivity contribution in [3.8, 4) is 0 Å². The summed E-state index contributed by atoms with van der Waals surface area (Å²) in [4.78, 5) is 0. The molecule has 6 heteroatoms. The smallest absolute Gasteiger partial charge is 0.212 e. The molecule has 0 fully saturated rings. The lowest BCUT2D eigenvalue weighted by Gasteiger charge is -2.17. The van der Waals surface area contributed by atoms with Crippen LogP contribution in [-0.4, -0.2) is 27.3 Å². The SMILES string of the molecule is CCNS(=O)(=O)CCNC(CC)c1ccc(F)cc1. The molecule has 1 atom stereocenters. The zero-order valence-electron chi connectivity index (χ0n) is 11.3. The van der Waals surface area contributed by atoms with E-state index in [0.29, 0.717) is 13.1 Å². The molecular weight excluding hydrogens is 267 g/mol. The summed E-state index contributed by atoms with van der Waals surface area (Å²) in [6.45, 7) is 4.51. The number of halogens is 1. The van der Waals surface area contributed by atoms with Gasteiger partial charge in [-0.25, -0.2) is 17.5 Å². The van der Waals surface area contributed by atoms with Gasteiger partial charge in [0, 0.05) is 19.1 Å². The largest absolute Gasteiger partial charge is 0.309 e. The van der Waals surface area contributed by atoms with E-state index in [0.717, 1.165) is 12.0 Å². The van der Waals surface area contributed by atoms with Crippen LogP contribution >= 0.6 is 0 Å². The molecule has 0 saturated heterocycles. The number of benzene rings is 1. The molecule has 1 rings (SSSR count). The molecule has 108 valence electrons. The van der Waals surface area contributed by atoms with Crippen molar-refractivity contribution >= 4 is 10.0 Å². The lowest BCUT2D eigenvalue weighted by atomic mass is 10.0. The highest BCUT2D eigenvalue weighted by Crippen LogP contribution is 2.16. The molecule has 0 aliphatic carbocycles.